The van der Waals surface area contributed by atoms with Gasteiger partial charge in [0.15, 0.2) is 0 Å². The molecule has 0 aliphatic carbocycles. The first kappa shape index (κ1) is 12.9. The number of nitrogens with zero attached hydrogens (tertiary/aromatic N) is 3. The number of amides is 1. The highest BCUT2D eigenvalue weighted by Crippen LogP contribution is 2.18. The fraction of sp³-hybridized carbons (Fsp3) is 0.250. The Bertz CT molecular complexity index is 603. The van der Waals surface area contributed by atoms with Crippen molar-refractivity contribution in [3.05, 3.63) is 29.7 Å². The molecule has 7 heteroatoms. The van der Waals surface area contributed by atoms with E-state index in [4.69, 9.17) is 10.5 Å². The van der Waals surface area contributed by atoms with Gasteiger partial charge in [0.2, 0.25) is 5.88 Å². The maximum atomic E-state index is 12.1. The van der Waals surface area contributed by atoms with Crippen molar-refractivity contribution in [3.63, 3.8) is 0 Å². The maximum Gasteiger partial charge on any atom is 0.276 e. The minimum Gasteiger partial charge on any atom is -0.481 e. The zero-order chi connectivity index (χ0) is 14.0. The average molecular weight is 261 g/mol. The van der Waals surface area contributed by atoms with Gasteiger partial charge < -0.3 is 15.8 Å². The van der Waals surface area contributed by atoms with Gasteiger partial charge in [-0.2, -0.15) is 5.10 Å². The zero-order valence-corrected chi connectivity index (χ0v) is 11.0. The molecule has 2 rings (SSSR count). The molecule has 0 fully saturated rings. The van der Waals surface area contributed by atoms with Gasteiger partial charge in [-0.3, -0.25) is 9.48 Å². The van der Waals surface area contributed by atoms with E-state index in [-0.39, 0.29) is 5.91 Å². The van der Waals surface area contributed by atoms with Crippen LogP contribution in [0, 0.1) is 6.92 Å². The Morgan fingerprint density at radius 3 is 2.68 bits per heavy atom. The van der Waals surface area contributed by atoms with Gasteiger partial charge in [-0.15, -0.1) is 0 Å². The molecule has 19 heavy (non-hydrogen) atoms. The van der Waals surface area contributed by atoms with Crippen molar-refractivity contribution in [2.24, 2.45) is 7.05 Å². The smallest absolute Gasteiger partial charge is 0.276 e. The SMILES string of the molecule is COc1ccc(NC(=O)c2c(N)c(C)nn2C)cn1. The fourth-order valence-corrected chi connectivity index (χ4v) is 1.71. The molecule has 0 spiro atoms. The highest BCUT2D eigenvalue weighted by Gasteiger charge is 2.17. The summed E-state index contributed by atoms with van der Waals surface area (Å²) in [5.74, 6) is 0.154. The van der Waals surface area contributed by atoms with Crippen molar-refractivity contribution >= 4 is 17.3 Å². The van der Waals surface area contributed by atoms with Crippen LogP contribution in [0.1, 0.15) is 16.2 Å². The van der Waals surface area contributed by atoms with Crippen molar-refractivity contribution in [2.75, 3.05) is 18.2 Å². The summed E-state index contributed by atoms with van der Waals surface area (Å²) in [6, 6.07) is 3.36. The molecular weight excluding hydrogens is 246 g/mol. The van der Waals surface area contributed by atoms with Gasteiger partial charge >= 0.3 is 0 Å². The molecule has 3 N–H and O–H groups in total. The minimum atomic E-state index is -0.326. The second-order valence-electron chi connectivity index (χ2n) is 4.01. The Balaban J connectivity index is 2.20. The monoisotopic (exact) mass is 261 g/mol. The molecule has 0 atom stereocenters. The summed E-state index contributed by atoms with van der Waals surface area (Å²) in [4.78, 5) is 16.1. The number of anilines is 2. The predicted octanol–water partition coefficient (Wildman–Crippen LogP) is 0.967. The Morgan fingerprint density at radius 2 is 2.21 bits per heavy atom. The van der Waals surface area contributed by atoms with E-state index >= 15 is 0 Å². The van der Waals surface area contributed by atoms with Gasteiger partial charge in [-0.1, -0.05) is 0 Å². The third kappa shape index (κ3) is 2.49. The number of aromatic nitrogens is 3. The largest absolute Gasteiger partial charge is 0.481 e. The van der Waals surface area contributed by atoms with Crippen molar-refractivity contribution in [1.29, 1.82) is 0 Å². The van der Waals surface area contributed by atoms with E-state index in [1.165, 1.54) is 18.0 Å². The number of nitrogens with one attached hydrogen (secondary N) is 1. The molecule has 2 aromatic rings. The number of rotatable bonds is 3. The number of pyridine rings is 1. The van der Waals surface area contributed by atoms with E-state index in [2.05, 4.69) is 15.4 Å². The second-order valence-corrected chi connectivity index (χ2v) is 4.01. The molecule has 0 aliphatic rings. The molecule has 7 nitrogen and oxygen atoms in total. The molecule has 0 bridgehead atoms. The van der Waals surface area contributed by atoms with Crippen molar-refractivity contribution in [3.8, 4) is 5.88 Å². The summed E-state index contributed by atoms with van der Waals surface area (Å²) in [5, 5.41) is 6.80. The van der Waals surface area contributed by atoms with E-state index in [1.807, 2.05) is 0 Å². The molecule has 2 heterocycles. The number of hydrogen-bond donors (Lipinski definition) is 2. The Hall–Kier alpha value is -2.57. The van der Waals surface area contributed by atoms with Crippen LogP contribution in [0.25, 0.3) is 0 Å². The number of methoxy groups -OCH3 is 1. The van der Waals surface area contributed by atoms with Crippen molar-refractivity contribution in [2.45, 2.75) is 6.92 Å². The van der Waals surface area contributed by atoms with Gasteiger partial charge in [0, 0.05) is 13.1 Å². The lowest BCUT2D eigenvalue weighted by molar-refractivity contribution is 0.101. The number of carbonyl (C=O) groups is 1. The first-order valence-corrected chi connectivity index (χ1v) is 5.63. The molecular formula is C12H15N5O2. The number of aryl methyl sites for hydroxylation is 2. The van der Waals surface area contributed by atoms with E-state index < -0.39 is 0 Å². The number of ether oxygens (including phenoxy) is 1. The van der Waals surface area contributed by atoms with E-state index in [0.717, 1.165) is 0 Å². The number of hydrogen-bond acceptors (Lipinski definition) is 5. The van der Waals surface area contributed by atoms with Crippen LogP contribution in [-0.2, 0) is 7.05 Å². The third-order valence-electron chi connectivity index (χ3n) is 2.69. The van der Waals surface area contributed by atoms with Crippen LogP contribution >= 0.6 is 0 Å². The lowest BCUT2D eigenvalue weighted by atomic mass is 10.3. The molecule has 0 aliphatic heterocycles. The third-order valence-corrected chi connectivity index (χ3v) is 2.69. The topological polar surface area (TPSA) is 95.1 Å². The second kappa shape index (κ2) is 4.97. The first-order chi connectivity index (χ1) is 9.02. The van der Waals surface area contributed by atoms with Gasteiger partial charge in [0.05, 0.1) is 30.4 Å². The summed E-state index contributed by atoms with van der Waals surface area (Å²) in [6.07, 6.45) is 1.51. The van der Waals surface area contributed by atoms with E-state index in [0.29, 0.717) is 28.6 Å². The van der Waals surface area contributed by atoms with Crippen molar-refractivity contribution in [1.82, 2.24) is 14.8 Å². The van der Waals surface area contributed by atoms with Crippen LogP contribution in [0.2, 0.25) is 0 Å². The standard InChI is InChI=1S/C12H15N5O2/c1-7-10(13)11(17(2)16-7)12(18)15-8-4-5-9(19-3)14-6-8/h4-6H,13H2,1-3H3,(H,15,18). The summed E-state index contributed by atoms with van der Waals surface area (Å²) >= 11 is 0. The van der Waals surface area contributed by atoms with Gasteiger partial charge in [-0.25, -0.2) is 4.98 Å². The van der Waals surface area contributed by atoms with E-state index in [1.54, 1.807) is 26.1 Å². The van der Waals surface area contributed by atoms with E-state index in [9.17, 15) is 4.79 Å². The fourth-order valence-electron chi connectivity index (χ4n) is 1.71. The molecule has 0 saturated carbocycles. The van der Waals surface area contributed by atoms with Gasteiger partial charge in [-0.05, 0) is 13.0 Å². The average Bonchev–Trinajstić information content (AvgIpc) is 2.64. The highest BCUT2D eigenvalue weighted by atomic mass is 16.5. The van der Waals surface area contributed by atoms with Crippen LogP contribution in [0.5, 0.6) is 5.88 Å². The molecule has 2 aromatic heterocycles. The van der Waals surface area contributed by atoms with Crippen LogP contribution in [0.4, 0.5) is 11.4 Å². The first-order valence-electron chi connectivity index (χ1n) is 5.63. The predicted molar refractivity (Wildman–Crippen MR) is 71.1 cm³/mol. The van der Waals surface area contributed by atoms with Gasteiger partial charge in [0.1, 0.15) is 5.69 Å². The van der Waals surface area contributed by atoms with Crippen LogP contribution in [0.3, 0.4) is 0 Å². The number of nitrogen functional groups attached to an aromatic ring is 1. The summed E-state index contributed by atoms with van der Waals surface area (Å²) in [7, 11) is 3.20. The molecule has 0 saturated heterocycles. The normalized spacial score (nSPS) is 10.3. The Labute approximate surface area is 110 Å². The molecule has 0 aromatic carbocycles. The van der Waals surface area contributed by atoms with Crippen LogP contribution < -0.4 is 15.8 Å². The number of nitrogens with two attached hydrogens (primary N) is 1. The summed E-state index contributed by atoms with van der Waals surface area (Å²) in [5.41, 5.74) is 7.71. The molecule has 0 unspecified atom stereocenters. The van der Waals surface area contributed by atoms with Crippen molar-refractivity contribution < 1.29 is 9.53 Å². The van der Waals surface area contributed by atoms with Crippen LogP contribution in [0.15, 0.2) is 18.3 Å². The quantitative estimate of drug-likeness (QED) is 0.858. The molecule has 0 radical (unpaired) electrons. The lowest BCUT2D eigenvalue weighted by Crippen LogP contribution is -2.17. The number of carbonyl (C=O) groups excluding carboxylic acids is 1. The molecule has 1 amide bonds. The Kier molecular flexibility index (Phi) is 3.37. The van der Waals surface area contributed by atoms with Gasteiger partial charge in [0.25, 0.3) is 5.91 Å². The summed E-state index contributed by atoms with van der Waals surface area (Å²) in [6.45, 7) is 1.75. The lowest BCUT2D eigenvalue weighted by Gasteiger charge is -2.06. The van der Waals surface area contributed by atoms with Crippen LogP contribution in [-0.4, -0.2) is 27.8 Å². The maximum absolute atomic E-state index is 12.1. The molecule has 100 valence electrons. The summed E-state index contributed by atoms with van der Waals surface area (Å²) < 4.78 is 6.40. The Morgan fingerprint density at radius 1 is 1.47 bits per heavy atom. The zero-order valence-electron chi connectivity index (χ0n) is 11.0. The minimum absolute atomic E-state index is 0.326. The highest BCUT2D eigenvalue weighted by molar-refractivity contribution is 6.06.